The molecule has 2 N–H and O–H groups in total. The van der Waals surface area contributed by atoms with Gasteiger partial charge in [0.2, 0.25) is 15.6 Å². The molecule has 1 fully saturated rings. The van der Waals surface area contributed by atoms with Crippen LogP contribution >= 0.6 is 23.2 Å². The van der Waals surface area contributed by atoms with Crippen LogP contribution in [0.15, 0.2) is 60.0 Å². The highest BCUT2D eigenvalue weighted by molar-refractivity contribution is 7.89. The molecule has 4 rings (SSSR count). The van der Waals surface area contributed by atoms with Crippen molar-refractivity contribution in [2.24, 2.45) is 0 Å². The standard InChI is InChI=1S/C19H13Cl2FN4O7S/c20-11-1-6-14(15(21)7-11)18(29,8-25-34(30,31)13-4-2-12(22)3-5-13)19(26-10-23-9-24-26)32-16(27)17(28)33-19/h1-7,9-10,25,29H,8H2. The van der Waals surface area contributed by atoms with Gasteiger partial charge in [-0.15, -0.1) is 0 Å². The Hall–Kier alpha value is -3.10. The molecule has 1 aliphatic heterocycles. The lowest BCUT2D eigenvalue weighted by Gasteiger charge is -2.40. The third kappa shape index (κ3) is 4.01. The molecule has 3 aromatic rings. The Morgan fingerprint density at radius 1 is 1.12 bits per heavy atom. The van der Waals surface area contributed by atoms with Crippen molar-refractivity contribution in [2.45, 2.75) is 16.4 Å². The van der Waals surface area contributed by atoms with Gasteiger partial charge in [0.05, 0.1) is 11.4 Å². The van der Waals surface area contributed by atoms with Gasteiger partial charge >= 0.3 is 17.8 Å². The van der Waals surface area contributed by atoms with Crippen molar-refractivity contribution >= 4 is 45.2 Å². The number of esters is 2. The molecular weight excluding hydrogens is 518 g/mol. The lowest BCUT2D eigenvalue weighted by atomic mass is 9.89. The Morgan fingerprint density at radius 2 is 1.76 bits per heavy atom. The van der Waals surface area contributed by atoms with Crippen molar-refractivity contribution in [3.8, 4) is 0 Å². The van der Waals surface area contributed by atoms with Gasteiger partial charge in [0.25, 0.3) is 0 Å². The van der Waals surface area contributed by atoms with E-state index in [0.29, 0.717) is 4.68 Å². The second kappa shape index (κ2) is 8.60. The second-order valence-corrected chi connectivity index (χ2v) is 9.57. The van der Waals surface area contributed by atoms with Crippen LogP contribution in [0.1, 0.15) is 5.56 Å². The Morgan fingerprint density at radius 3 is 2.32 bits per heavy atom. The molecule has 2 aromatic carbocycles. The van der Waals surface area contributed by atoms with E-state index in [-0.39, 0.29) is 20.5 Å². The quantitative estimate of drug-likeness (QED) is 0.340. The van der Waals surface area contributed by atoms with E-state index in [1.165, 1.54) is 18.2 Å². The molecular formula is C19H13Cl2FN4O7S. The Labute approximate surface area is 201 Å². The zero-order valence-corrected chi connectivity index (χ0v) is 19.0. The zero-order valence-electron chi connectivity index (χ0n) is 16.7. The molecule has 0 radical (unpaired) electrons. The average Bonchev–Trinajstić information content (AvgIpc) is 3.42. The smallest absolute Gasteiger partial charge is 0.391 e. The van der Waals surface area contributed by atoms with Crippen molar-refractivity contribution < 1.29 is 37.0 Å². The Bertz CT molecular complexity index is 1350. The summed E-state index contributed by atoms with van der Waals surface area (Å²) in [6, 6.07) is 7.60. The molecule has 15 heteroatoms. The zero-order chi connectivity index (χ0) is 24.7. The number of carbonyl (C=O) groups is 2. The number of rotatable bonds is 7. The van der Waals surface area contributed by atoms with Crippen LogP contribution in [0.5, 0.6) is 0 Å². The van der Waals surface area contributed by atoms with E-state index in [2.05, 4.69) is 14.8 Å². The van der Waals surface area contributed by atoms with Gasteiger partial charge in [-0.1, -0.05) is 29.3 Å². The summed E-state index contributed by atoms with van der Waals surface area (Å²) in [4.78, 5) is 27.5. The first-order valence-corrected chi connectivity index (χ1v) is 11.5. The maximum absolute atomic E-state index is 13.2. The second-order valence-electron chi connectivity index (χ2n) is 6.96. The first-order chi connectivity index (χ1) is 16.0. The molecule has 0 aliphatic carbocycles. The van der Waals surface area contributed by atoms with Crippen molar-refractivity contribution in [2.75, 3.05) is 6.54 Å². The molecule has 1 aliphatic rings. The topological polar surface area (TPSA) is 150 Å². The molecule has 0 saturated carbocycles. The van der Waals surface area contributed by atoms with Crippen LogP contribution in [0.4, 0.5) is 4.39 Å². The molecule has 1 atom stereocenters. The average molecular weight is 531 g/mol. The van der Waals surface area contributed by atoms with Crippen LogP contribution in [-0.4, -0.2) is 46.8 Å². The van der Waals surface area contributed by atoms with E-state index in [4.69, 9.17) is 32.7 Å². The number of ether oxygens (including phenoxy) is 2. The minimum atomic E-state index is -4.36. The molecule has 2 heterocycles. The monoisotopic (exact) mass is 530 g/mol. The maximum atomic E-state index is 13.2. The van der Waals surface area contributed by atoms with Crippen molar-refractivity contribution in [3.63, 3.8) is 0 Å². The number of halogens is 3. The summed E-state index contributed by atoms with van der Waals surface area (Å²) in [5.41, 5.74) is -2.95. The van der Waals surface area contributed by atoms with Crippen LogP contribution in [0.2, 0.25) is 10.0 Å². The molecule has 0 amide bonds. The van der Waals surface area contributed by atoms with Crippen LogP contribution < -0.4 is 4.72 Å². The van der Waals surface area contributed by atoms with Crippen LogP contribution in [-0.2, 0) is 40.6 Å². The number of cyclic esters (lactones) is 2. The molecule has 178 valence electrons. The van der Waals surface area contributed by atoms with Crippen molar-refractivity contribution in [1.82, 2.24) is 19.5 Å². The molecule has 1 unspecified atom stereocenters. The fourth-order valence-electron chi connectivity index (χ4n) is 3.27. The van der Waals surface area contributed by atoms with E-state index >= 15 is 0 Å². The predicted molar refractivity (Wildman–Crippen MR) is 112 cm³/mol. The van der Waals surface area contributed by atoms with Gasteiger partial charge in [-0.05, 0) is 36.4 Å². The number of aromatic nitrogens is 3. The SMILES string of the molecule is O=C1OC(n2cncn2)(C(O)(CNS(=O)(=O)c2ccc(F)cc2)c2ccc(Cl)cc2Cl)OC1=O. The third-order valence-electron chi connectivity index (χ3n) is 4.89. The highest BCUT2D eigenvalue weighted by Crippen LogP contribution is 2.46. The summed E-state index contributed by atoms with van der Waals surface area (Å²) in [6.45, 7) is -0.964. The number of nitrogens with zero attached hydrogens (tertiary/aromatic N) is 3. The largest absolute Gasteiger partial charge is 0.422 e. The van der Waals surface area contributed by atoms with Gasteiger partial charge in [-0.25, -0.2) is 32.1 Å². The maximum Gasteiger partial charge on any atom is 0.422 e. The highest BCUT2D eigenvalue weighted by Gasteiger charge is 2.67. The van der Waals surface area contributed by atoms with Gasteiger partial charge < -0.3 is 14.6 Å². The minimum absolute atomic E-state index is 0.165. The molecule has 34 heavy (non-hydrogen) atoms. The predicted octanol–water partition coefficient (Wildman–Crippen LogP) is 1.30. The molecule has 1 saturated heterocycles. The van der Waals surface area contributed by atoms with Gasteiger partial charge in [-0.3, -0.25) is 0 Å². The van der Waals surface area contributed by atoms with Crippen LogP contribution in [0, 0.1) is 5.82 Å². The normalized spacial score (nSPS) is 17.2. The summed E-state index contributed by atoms with van der Waals surface area (Å²) in [5.74, 6) is -6.39. The Kier molecular flexibility index (Phi) is 6.08. The third-order valence-corrected chi connectivity index (χ3v) is 6.86. The van der Waals surface area contributed by atoms with E-state index in [1.807, 2.05) is 0 Å². The van der Waals surface area contributed by atoms with Gasteiger partial charge in [0.1, 0.15) is 18.5 Å². The highest BCUT2D eigenvalue weighted by atomic mass is 35.5. The van der Waals surface area contributed by atoms with Crippen molar-refractivity contribution in [1.29, 1.82) is 0 Å². The number of nitrogens with one attached hydrogen (secondary N) is 1. The molecule has 1 aromatic heterocycles. The number of benzene rings is 2. The van der Waals surface area contributed by atoms with E-state index in [0.717, 1.165) is 36.9 Å². The van der Waals surface area contributed by atoms with Gasteiger partial charge in [0.15, 0.2) is 0 Å². The first-order valence-electron chi connectivity index (χ1n) is 9.23. The number of aliphatic hydroxyl groups is 1. The molecule has 11 nitrogen and oxygen atoms in total. The van der Waals surface area contributed by atoms with E-state index in [1.54, 1.807) is 0 Å². The summed E-state index contributed by atoms with van der Waals surface area (Å²) < 4.78 is 52.0. The summed E-state index contributed by atoms with van der Waals surface area (Å²) in [6.07, 6.45) is 1.96. The fraction of sp³-hybridized carbons (Fsp3) is 0.158. The number of carbonyl (C=O) groups excluding carboxylic acids is 2. The first kappa shape index (κ1) is 24.0. The lowest BCUT2D eigenvalue weighted by Crippen LogP contribution is -2.60. The van der Waals surface area contributed by atoms with Crippen LogP contribution in [0.3, 0.4) is 0 Å². The van der Waals surface area contributed by atoms with Crippen molar-refractivity contribution in [3.05, 3.63) is 76.5 Å². The van der Waals surface area contributed by atoms with Gasteiger partial charge in [0, 0.05) is 15.6 Å². The summed E-state index contributed by atoms with van der Waals surface area (Å²) >= 11 is 12.2. The summed E-state index contributed by atoms with van der Waals surface area (Å²) in [5, 5.41) is 15.7. The minimum Gasteiger partial charge on any atom is -0.391 e. The Balaban J connectivity index is 1.86. The lowest BCUT2D eigenvalue weighted by molar-refractivity contribution is -0.320. The number of hydrogen-bond acceptors (Lipinski definition) is 9. The number of sulfonamides is 1. The van der Waals surface area contributed by atoms with E-state index < -0.39 is 45.8 Å². The van der Waals surface area contributed by atoms with E-state index in [9.17, 15) is 27.5 Å². The fourth-order valence-corrected chi connectivity index (χ4v) is 4.89. The summed E-state index contributed by atoms with van der Waals surface area (Å²) in [7, 11) is -4.36. The molecule has 0 spiro atoms. The number of hydrogen-bond donors (Lipinski definition) is 2. The van der Waals surface area contributed by atoms with Crippen LogP contribution in [0.25, 0.3) is 0 Å². The van der Waals surface area contributed by atoms with Gasteiger partial charge in [-0.2, -0.15) is 9.78 Å². The molecule has 0 bridgehead atoms.